The fourth-order valence-electron chi connectivity index (χ4n) is 2.49. The number of fused-ring (bicyclic) bond motifs is 1. The summed E-state index contributed by atoms with van der Waals surface area (Å²) in [6, 6.07) is 4.89. The average Bonchev–Trinajstić information content (AvgIpc) is 2.89. The number of carboxylic acid groups (broad SMARTS) is 1. The van der Waals surface area contributed by atoms with E-state index in [1.54, 1.807) is 28.0 Å². The van der Waals surface area contributed by atoms with Crippen molar-refractivity contribution >= 4 is 12.0 Å². The second-order valence-corrected chi connectivity index (χ2v) is 5.05. The van der Waals surface area contributed by atoms with Crippen molar-refractivity contribution in [1.82, 2.24) is 9.80 Å². The molecular formula is C16H18N2O3. The highest BCUT2D eigenvalue weighted by Crippen LogP contribution is 2.25. The van der Waals surface area contributed by atoms with Crippen LogP contribution in [-0.4, -0.2) is 40.0 Å². The molecule has 1 aromatic carbocycles. The van der Waals surface area contributed by atoms with Crippen molar-refractivity contribution in [2.45, 2.75) is 26.4 Å². The SMILES string of the molecule is C#CCN(CCC)C(=O)N1Cc2ccc(C(=O)O)cc2C1. The topological polar surface area (TPSA) is 60.9 Å². The smallest absolute Gasteiger partial charge is 0.335 e. The van der Waals surface area contributed by atoms with Gasteiger partial charge < -0.3 is 14.9 Å². The molecular weight excluding hydrogens is 268 g/mol. The van der Waals surface area contributed by atoms with Gasteiger partial charge in [0.1, 0.15) is 0 Å². The molecule has 0 saturated carbocycles. The summed E-state index contributed by atoms with van der Waals surface area (Å²) in [5, 5.41) is 9.01. The molecule has 0 aromatic heterocycles. The van der Waals surface area contributed by atoms with Crippen LogP contribution in [0.3, 0.4) is 0 Å². The average molecular weight is 286 g/mol. The van der Waals surface area contributed by atoms with Crippen LogP contribution in [0.5, 0.6) is 0 Å². The molecule has 5 nitrogen and oxygen atoms in total. The van der Waals surface area contributed by atoms with Gasteiger partial charge in [-0.3, -0.25) is 0 Å². The lowest BCUT2D eigenvalue weighted by Crippen LogP contribution is -2.41. The predicted octanol–water partition coefficient (Wildman–Crippen LogP) is 2.17. The quantitative estimate of drug-likeness (QED) is 0.863. The maximum atomic E-state index is 12.5. The summed E-state index contributed by atoms with van der Waals surface area (Å²) in [7, 11) is 0. The van der Waals surface area contributed by atoms with E-state index in [2.05, 4.69) is 5.92 Å². The highest BCUT2D eigenvalue weighted by molar-refractivity contribution is 5.88. The molecule has 0 spiro atoms. The van der Waals surface area contributed by atoms with Crippen LogP contribution in [0, 0.1) is 12.3 Å². The van der Waals surface area contributed by atoms with Gasteiger partial charge in [-0.05, 0) is 29.7 Å². The standard InChI is InChI=1S/C16H18N2O3/c1-3-7-17(8-4-2)16(21)18-10-13-6-5-12(15(19)20)9-14(13)11-18/h1,5-6,9H,4,7-8,10-11H2,2H3,(H,19,20). The molecule has 0 unspecified atom stereocenters. The predicted molar refractivity (Wildman–Crippen MR) is 78.7 cm³/mol. The van der Waals surface area contributed by atoms with Gasteiger partial charge in [-0.25, -0.2) is 9.59 Å². The number of benzene rings is 1. The lowest BCUT2D eigenvalue weighted by atomic mass is 10.1. The minimum Gasteiger partial charge on any atom is -0.478 e. The molecule has 110 valence electrons. The van der Waals surface area contributed by atoms with Gasteiger partial charge in [-0.2, -0.15) is 0 Å². The Morgan fingerprint density at radius 1 is 1.38 bits per heavy atom. The number of hydrogen-bond donors (Lipinski definition) is 1. The summed E-state index contributed by atoms with van der Waals surface area (Å²) in [5.74, 6) is 1.55. The number of hydrogen-bond acceptors (Lipinski definition) is 2. The van der Waals surface area contributed by atoms with Crippen LogP contribution in [0.1, 0.15) is 34.8 Å². The lowest BCUT2D eigenvalue weighted by molar-refractivity contribution is 0.0696. The molecule has 0 radical (unpaired) electrons. The van der Waals surface area contributed by atoms with E-state index in [-0.39, 0.29) is 11.6 Å². The molecule has 21 heavy (non-hydrogen) atoms. The number of amides is 2. The van der Waals surface area contributed by atoms with Gasteiger partial charge in [0.25, 0.3) is 0 Å². The number of carbonyl (C=O) groups excluding carboxylic acids is 1. The van der Waals surface area contributed by atoms with Gasteiger partial charge >= 0.3 is 12.0 Å². The van der Waals surface area contributed by atoms with E-state index in [0.717, 1.165) is 17.5 Å². The minimum atomic E-state index is -0.956. The van der Waals surface area contributed by atoms with Crippen LogP contribution in [0.15, 0.2) is 18.2 Å². The molecule has 0 saturated heterocycles. The first-order valence-corrected chi connectivity index (χ1v) is 6.89. The second-order valence-electron chi connectivity index (χ2n) is 5.05. The van der Waals surface area contributed by atoms with Crippen molar-refractivity contribution < 1.29 is 14.7 Å². The molecule has 1 N–H and O–H groups in total. The minimum absolute atomic E-state index is 0.0946. The first-order valence-electron chi connectivity index (χ1n) is 6.89. The molecule has 0 aliphatic carbocycles. The Balaban J connectivity index is 2.13. The van der Waals surface area contributed by atoms with Gasteiger partial charge in [0.15, 0.2) is 0 Å². The second kappa shape index (κ2) is 6.31. The van der Waals surface area contributed by atoms with Crippen molar-refractivity contribution in [2.75, 3.05) is 13.1 Å². The fraction of sp³-hybridized carbons (Fsp3) is 0.375. The highest BCUT2D eigenvalue weighted by atomic mass is 16.4. The van der Waals surface area contributed by atoms with E-state index in [1.807, 2.05) is 6.92 Å². The number of urea groups is 1. The van der Waals surface area contributed by atoms with E-state index < -0.39 is 5.97 Å². The number of terminal acetylenes is 1. The Kier molecular flexibility index (Phi) is 4.49. The monoisotopic (exact) mass is 286 g/mol. The van der Waals surface area contributed by atoms with Crippen LogP contribution >= 0.6 is 0 Å². The van der Waals surface area contributed by atoms with E-state index in [4.69, 9.17) is 11.5 Å². The van der Waals surface area contributed by atoms with Gasteiger partial charge in [0, 0.05) is 19.6 Å². The highest BCUT2D eigenvalue weighted by Gasteiger charge is 2.27. The number of aromatic carboxylic acids is 1. The van der Waals surface area contributed by atoms with E-state index >= 15 is 0 Å². The zero-order chi connectivity index (χ0) is 15.4. The van der Waals surface area contributed by atoms with E-state index in [1.165, 1.54) is 0 Å². The van der Waals surface area contributed by atoms with Gasteiger partial charge in [-0.1, -0.05) is 18.9 Å². The first-order chi connectivity index (χ1) is 10.1. The molecule has 0 atom stereocenters. The molecule has 1 heterocycles. The molecule has 0 bridgehead atoms. The summed E-state index contributed by atoms with van der Waals surface area (Å²) < 4.78 is 0. The number of carboxylic acids is 1. The van der Waals surface area contributed by atoms with E-state index in [0.29, 0.717) is 26.2 Å². The van der Waals surface area contributed by atoms with Crippen LogP contribution in [0.4, 0.5) is 4.79 Å². The Morgan fingerprint density at radius 3 is 2.71 bits per heavy atom. The summed E-state index contributed by atoms with van der Waals surface area (Å²) in [6.45, 7) is 3.84. The van der Waals surface area contributed by atoms with Crippen molar-refractivity contribution in [2.24, 2.45) is 0 Å². The summed E-state index contributed by atoms with van der Waals surface area (Å²) in [4.78, 5) is 26.8. The molecule has 1 aromatic rings. The van der Waals surface area contributed by atoms with Crippen molar-refractivity contribution in [1.29, 1.82) is 0 Å². The number of rotatable bonds is 4. The maximum absolute atomic E-state index is 12.5. The van der Waals surface area contributed by atoms with Crippen molar-refractivity contribution in [3.63, 3.8) is 0 Å². The first kappa shape index (κ1) is 14.9. The lowest BCUT2D eigenvalue weighted by Gasteiger charge is -2.26. The van der Waals surface area contributed by atoms with Gasteiger partial charge in [0.05, 0.1) is 12.1 Å². The zero-order valence-corrected chi connectivity index (χ0v) is 12.0. The number of nitrogens with zero attached hydrogens (tertiary/aromatic N) is 2. The normalized spacial score (nSPS) is 12.7. The van der Waals surface area contributed by atoms with Crippen molar-refractivity contribution in [3.8, 4) is 12.3 Å². The maximum Gasteiger partial charge on any atom is 0.335 e. The summed E-state index contributed by atoms with van der Waals surface area (Å²) in [5.41, 5.74) is 2.13. The van der Waals surface area contributed by atoms with E-state index in [9.17, 15) is 9.59 Å². The van der Waals surface area contributed by atoms with Crippen LogP contribution < -0.4 is 0 Å². The van der Waals surface area contributed by atoms with Crippen LogP contribution in [0.25, 0.3) is 0 Å². The third-order valence-electron chi connectivity index (χ3n) is 3.49. The third kappa shape index (κ3) is 3.16. The number of carbonyl (C=O) groups is 2. The van der Waals surface area contributed by atoms with Gasteiger partial charge in [0.2, 0.25) is 0 Å². The Labute approximate surface area is 124 Å². The summed E-state index contributed by atoms with van der Waals surface area (Å²) >= 11 is 0. The largest absolute Gasteiger partial charge is 0.478 e. The molecule has 0 fully saturated rings. The molecule has 1 aliphatic rings. The molecule has 5 heteroatoms. The van der Waals surface area contributed by atoms with Crippen LogP contribution in [-0.2, 0) is 13.1 Å². The Morgan fingerprint density at radius 2 is 2.10 bits per heavy atom. The molecule has 1 aliphatic heterocycles. The fourth-order valence-corrected chi connectivity index (χ4v) is 2.49. The summed E-state index contributed by atoms with van der Waals surface area (Å²) in [6.07, 6.45) is 6.15. The third-order valence-corrected chi connectivity index (χ3v) is 3.49. The zero-order valence-electron chi connectivity index (χ0n) is 12.0. The van der Waals surface area contributed by atoms with Gasteiger partial charge in [-0.15, -0.1) is 6.42 Å². The molecule has 2 rings (SSSR count). The van der Waals surface area contributed by atoms with Crippen LogP contribution in [0.2, 0.25) is 0 Å². The Bertz CT molecular complexity index is 604. The molecule has 2 amide bonds. The Hall–Kier alpha value is -2.48. The van der Waals surface area contributed by atoms with Crippen molar-refractivity contribution in [3.05, 3.63) is 34.9 Å².